The number of ether oxygens (including phenoxy) is 1. The average molecular weight is 282 g/mol. The largest absolute Gasteiger partial charge is 0.368 e. The van der Waals surface area contributed by atoms with Gasteiger partial charge in [-0.3, -0.25) is 0 Å². The average Bonchev–Trinajstić information content (AvgIpc) is 1.90. The Labute approximate surface area is 89.4 Å². The van der Waals surface area contributed by atoms with E-state index in [1.807, 2.05) is 0 Å². The standard InChI is InChI=1S/C10H19IO/c1-7-8(2,3)12-9(4,5)10(7,6)11/h7H,1-6H3. The zero-order valence-corrected chi connectivity index (χ0v) is 11.0. The third-order valence-electron chi connectivity index (χ3n) is 3.55. The minimum atomic E-state index is -0.0174. The van der Waals surface area contributed by atoms with Crippen LogP contribution in [0.5, 0.6) is 0 Å². The highest BCUT2D eigenvalue weighted by Gasteiger charge is 2.58. The second-order valence-electron chi connectivity index (χ2n) is 5.01. The summed E-state index contributed by atoms with van der Waals surface area (Å²) in [4.78, 5) is 0. The summed E-state index contributed by atoms with van der Waals surface area (Å²) < 4.78 is 6.29. The molecule has 1 saturated heterocycles. The van der Waals surface area contributed by atoms with Crippen molar-refractivity contribution in [3.05, 3.63) is 0 Å². The molecule has 0 aromatic rings. The molecule has 0 saturated carbocycles. The molecule has 1 heterocycles. The first-order valence-electron chi connectivity index (χ1n) is 4.50. The first-order valence-corrected chi connectivity index (χ1v) is 5.58. The van der Waals surface area contributed by atoms with E-state index in [2.05, 4.69) is 64.1 Å². The summed E-state index contributed by atoms with van der Waals surface area (Å²) in [5.41, 5.74) is -0.00405. The van der Waals surface area contributed by atoms with Gasteiger partial charge in [0.2, 0.25) is 0 Å². The Kier molecular flexibility index (Phi) is 2.33. The van der Waals surface area contributed by atoms with Crippen molar-refractivity contribution in [1.29, 1.82) is 0 Å². The van der Waals surface area contributed by atoms with Crippen LogP contribution in [-0.4, -0.2) is 14.6 Å². The molecule has 2 unspecified atom stereocenters. The predicted molar refractivity (Wildman–Crippen MR) is 60.8 cm³/mol. The van der Waals surface area contributed by atoms with Gasteiger partial charge in [0, 0.05) is 5.92 Å². The molecule has 0 spiro atoms. The molecule has 0 radical (unpaired) electrons. The first kappa shape index (κ1) is 10.8. The van der Waals surface area contributed by atoms with Crippen LogP contribution in [0.4, 0.5) is 0 Å². The van der Waals surface area contributed by atoms with Crippen LogP contribution in [0, 0.1) is 5.92 Å². The summed E-state index contributed by atoms with van der Waals surface area (Å²) in [5.74, 6) is 0.584. The molecule has 0 amide bonds. The van der Waals surface area contributed by atoms with Crippen LogP contribution in [-0.2, 0) is 4.74 Å². The van der Waals surface area contributed by atoms with E-state index in [4.69, 9.17) is 4.74 Å². The normalized spacial score (nSPS) is 44.8. The molecule has 1 fully saturated rings. The van der Waals surface area contributed by atoms with Crippen molar-refractivity contribution in [2.24, 2.45) is 5.92 Å². The lowest BCUT2D eigenvalue weighted by Gasteiger charge is -2.33. The molecular formula is C10H19IO. The summed E-state index contributed by atoms with van der Waals surface area (Å²) in [6.45, 7) is 13.3. The van der Waals surface area contributed by atoms with Crippen molar-refractivity contribution in [1.82, 2.24) is 0 Å². The van der Waals surface area contributed by atoms with Crippen LogP contribution in [0.3, 0.4) is 0 Å². The molecule has 1 rings (SSSR count). The highest BCUT2D eigenvalue weighted by atomic mass is 127. The molecule has 1 aliphatic rings. The second kappa shape index (κ2) is 2.59. The van der Waals surface area contributed by atoms with Gasteiger partial charge in [-0.15, -0.1) is 0 Å². The van der Waals surface area contributed by atoms with Gasteiger partial charge in [-0.05, 0) is 34.6 Å². The summed E-state index contributed by atoms with van der Waals surface area (Å²) >= 11 is 2.54. The third-order valence-corrected chi connectivity index (χ3v) is 5.78. The zero-order valence-electron chi connectivity index (χ0n) is 8.86. The minimum Gasteiger partial charge on any atom is -0.368 e. The van der Waals surface area contributed by atoms with E-state index < -0.39 is 0 Å². The smallest absolute Gasteiger partial charge is 0.0779 e. The monoisotopic (exact) mass is 282 g/mol. The van der Waals surface area contributed by atoms with Crippen LogP contribution in [0.15, 0.2) is 0 Å². The van der Waals surface area contributed by atoms with Gasteiger partial charge in [0.05, 0.1) is 14.6 Å². The van der Waals surface area contributed by atoms with Gasteiger partial charge < -0.3 is 4.74 Å². The van der Waals surface area contributed by atoms with E-state index in [1.54, 1.807) is 0 Å². The van der Waals surface area contributed by atoms with Crippen LogP contribution < -0.4 is 0 Å². The lowest BCUT2D eigenvalue weighted by Crippen LogP contribution is -2.41. The predicted octanol–water partition coefficient (Wildman–Crippen LogP) is 3.40. The Balaban J connectivity index is 3.05. The molecule has 0 aliphatic carbocycles. The van der Waals surface area contributed by atoms with E-state index in [0.29, 0.717) is 5.92 Å². The van der Waals surface area contributed by atoms with Crippen LogP contribution >= 0.6 is 22.6 Å². The van der Waals surface area contributed by atoms with Gasteiger partial charge >= 0.3 is 0 Å². The zero-order chi connectivity index (χ0) is 9.78. The van der Waals surface area contributed by atoms with Crippen molar-refractivity contribution in [2.75, 3.05) is 0 Å². The molecular weight excluding hydrogens is 263 g/mol. The fraction of sp³-hybridized carbons (Fsp3) is 1.00. The van der Waals surface area contributed by atoms with Gasteiger partial charge in [-0.2, -0.15) is 0 Å². The highest BCUT2D eigenvalue weighted by molar-refractivity contribution is 14.1. The molecule has 72 valence electrons. The van der Waals surface area contributed by atoms with Crippen LogP contribution in [0.25, 0.3) is 0 Å². The van der Waals surface area contributed by atoms with Gasteiger partial charge in [-0.25, -0.2) is 0 Å². The SMILES string of the molecule is CC1C(C)(C)OC(C)(C)C1(C)I. The summed E-state index contributed by atoms with van der Waals surface area (Å²) in [6.07, 6.45) is 0. The van der Waals surface area contributed by atoms with E-state index >= 15 is 0 Å². The third kappa shape index (κ3) is 1.31. The molecule has 1 aliphatic heterocycles. The van der Waals surface area contributed by atoms with Crippen molar-refractivity contribution >= 4 is 22.6 Å². The lowest BCUT2D eigenvalue weighted by molar-refractivity contribution is -0.0753. The van der Waals surface area contributed by atoms with Crippen molar-refractivity contribution in [2.45, 2.75) is 56.2 Å². The molecule has 2 heteroatoms. The van der Waals surface area contributed by atoms with E-state index in [9.17, 15) is 0 Å². The maximum Gasteiger partial charge on any atom is 0.0779 e. The van der Waals surface area contributed by atoms with Crippen molar-refractivity contribution < 1.29 is 4.74 Å². The van der Waals surface area contributed by atoms with Gasteiger partial charge in [0.1, 0.15) is 0 Å². The maximum atomic E-state index is 6.06. The number of halogens is 1. The Morgan fingerprint density at radius 3 is 1.58 bits per heavy atom. The van der Waals surface area contributed by atoms with Crippen molar-refractivity contribution in [3.8, 4) is 0 Å². The number of hydrogen-bond donors (Lipinski definition) is 0. The Morgan fingerprint density at radius 1 is 1.08 bits per heavy atom. The fourth-order valence-electron chi connectivity index (χ4n) is 2.02. The first-order chi connectivity index (χ1) is 5.11. The minimum absolute atomic E-state index is 0.0133. The lowest BCUT2D eigenvalue weighted by atomic mass is 9.80. The van der Waals surface area contributed by atoms with Gasteiger partial charge in [0.25, 0.3) is 0 Å². The number of alkyl halides is 1. The second-order valence-corrected chi connectivity index (χ2v) is 7.25. The van der Waals surface area contributed by atoms with Gasteiger partial charge in [-0.1, -0.05) is 29.5 Å². The van der Waals surface area contributed by atoms with E-state index in [0.717, 1.165) is 0 Å². The summed E-state index contributed by atoms with van der Waals surface area (Å²) in [5, 5.41) is 0. The summed E-state index contributed by atoms with van der Waals surface area (Å²) in [6, 6.07) is 0. The Hall–Kier alpha value is 0.690. The Bertz CT molecular complexity index is 194. The van der Waals surface area contributed by atoms with Crippen LogP contribution in [0.1, 0.15) is 41.5 Å². The fourth-order valence-corrected chi connectivity index (χ4v) is 2.88. The number of hydrogen-bond acceptors (Lipinski definition) is 1. The maximum absolute atomic E-state index is 6.06. The summed E-state index contributed by atoms with van der Waals surface area (Å²) in [7, 11) is 0. The molecule has 0 aromatic heterocycles. The van der Waals surface area contributed by atoms with E-state index in [-0.39, 0.29) is 14.6 Å². The number of rotatable bonds is 0. The molecule has 0 aromatic carbocycles. The molecule has 12 heavy (non-hydrogen) atoms. The van der Waals surface area contributed by atoms with E-state index in [1.165, 1.54) is 0 Å². The molecule has 2 atom stereocenters. The van der Waals surface area contributed by atoms with Crippen LogP contribution in [0.2, 0.25) is 0 Å². The molecule has 0 bridgehead atoms. The Morgan fingerprint density at radius 2 is 1.50 bits per heavy atom. The van der Waals surface area contributed by atoms with Gasteiger partial charge in [0.15, 0.2) is 0 Å². The highest BCUT2D eigenvalue weighted by Crippen LogP contribution is 2.53. The molecule has 0 N–H and O–H groups in total. The topological polar surface area (TPSA) is 9.23 Å². The quantitative estimate of drug-likeness (QED) is 0.489. The van der Waals surface area contributed by atoms with Crippen molar-refractivity contribution in [3.63, 3.8) is 0 Å². The molecule has 1 nitrogen and oxygen atoms in total.